The van der Waals surface area contributed by atoms with Crippen LogP contribution in [0.25, 0.3) is 0 Å². The van der Waals surface area contributed by atoms with Gasteiger partial charge in [0.25, 0.3) is 0 Å². The summed E-state index contributed by atoms with van der Waals surface area (Å²) in [7, 11) is 0. The van der Waals surface area contributed by atoms with Crippen molar-refractivity contribution in [1.29, 1.82) is 0 Å². The van der Waals surface area contributed by atoms with Gasteiger partial charge in [-0.25, -0.2) is 0 Å². The number of halogens is 4. The van der Waals surface area contributed by atoms with E-state index in [0.717, 1.165) is 6.42 Å². The van der Waals surface area contributed by atoms with Crippen LogP contribution in [0.3, 0.4) is 0 Å². The van der Waals surface area contributed by atoms with Crippen molar-refractivity contribution >= 4 is 29.9 Å². The molecule has 1 saturated heterocycles. The second-order valence-electron chi connectivity index (χ2n) is 7.25. The van der Waals surface area contributed by atoms with Gasteiger partial charge in [0.1, 0.15) is 0 Å². The molecule has 2 fully saturated rings. The number of likely N-dealkylation sites (tertiary alicyclic amines) is 1. The number of aryl methyl sites for hydroxylation is 1. The minimum absolute atomic E-state index is 0. The first-order valence-electron chi connectivity index (χ1n) is 9.28. The molecule has 27 heavy (non-hydrogen) atoms. The average molecular weight is 496 g/mol. The minimum Gasteiger partial charge on any atom is -0.353 e. The van der Waals surface area contributed by atoms with Crippen LogP contribution in [-0.2, 0) is 0 Å². The SMILES string of the molecule is CCN=C(NC1CCN(CC(F)(F)F)C1)NC1CC1c1ccccc1C.I. The third-order valence-corrected chi connectivity index (χ3v) is 5.03. The minimum atomic E-state index is -4.14. The number of guanidine groups is 1. The van der Waals surface area contributed by atoms with Crippen LogP contribution < -0.4 is 10.6 Å². The first kappa shape index (κ1) is 22.3. The molecular formula is C19H28F3IN4. The lowest BCUT2D eigenvalue weighted by molar-refractivity contribution is -0.143. The summed E-state index contributed by atoms with van der Waals surface area (Å²) in [5.74, 6) is 1.19. The van der Waals surface area contributed by atoms with E-state index in [0.29, 0.717) is 44.0 Å². The Morgan fingerprint density at radius 1 is 1.26 bits per heavy atom. The number of nitrogens with zero attached hydrogens (tertiary/aromatic N) is 2. The zero-order chi connectivity index (χ0) is 18.7. The summed E-state index contributed by atoms with van der Waals surface area (Å²) < 4.78 is 37.6. The molecule has 0 aromatic heterocycles. The molecule has 1 saturated carbocycles. The first-order valence-corrected chi connectivity index (χ1v) is 9.28. The van der Waals surface area contributed by atoms with Gasteiger partial charge in [-0.1, -0.05) is 24.3 Å². The third-order valence-electron chi connectivity index (χ3n) is 5.03. The van der Waals surface area contributed by atoms with Crippen molar-refractivity contribution in [2.24, 2.45) is 4.99 Å². The van der Waals surface area contributed by atoms with Gasteiger partial charge in [-0.05, 0) is 37.8 Å². The van der Waals surface area contributed by atoms with Gasteiger partial charge in [-0.3, -0.25) is 9.89 Å². The van der Waals surface area contributed by atoms with Gasteiger partial charge in [-0.2, -0.15) is 13.2 Å². The first-order chi connectivity index (χ1) is 12.4. The number of hydrogen-bond acceptors (Lipinski definition) is 2. The predicted molar refractivity (Wildman–Crippen MR) is 113 cm³/mol. The molecule has 1 aliphatic heterocycles. The topological polar surface area (TPSA) is 39.7 Å². The van der Waals surface area contributed by atoms with E-state index >= 15 is 0 Å². The van der Waals surface area contributed by atoms with Gasteiger partial charge in [-0.15, -0.1) is 24.0 Å². The molecule has 1 aromatic carbocycles. The summed E-state index contributed by atoms with van der Waals surface area (Å²) in [6.45, 7) is 4.74. The van der Waals surface area contributed by atoms with E-state index in [9.17, 15) is 13.2 Å². The molecule has 1 aromatic rings. The van der Waals surface area contributed by atoms with Gasteiger partial charge in [0.15, 0.2) is 5.96 Å². The Balaban J connectivity index is 0.00000261. The molecule has 2 aliphatic rings. The molecular weight excluding hydrogens is 468 g/mol. The number of alkyl halides is 3. The van der Waals surface area contributed by atoms with Crippen LogP contribution in [0.5, 0.6) is 0 Å². The number of rotatable bonds is 5. The lowest BCUT2D eigenvalue weighted by atomic mass is 10.0. The summed E-state index contributed by atoms with van der Waals surface area (Å²) in [6.07, 6.45) is -2.38. The number of benzene rings is 1. The normalized spacial score (nSPS) is 25.8. The fourth-order valence-corrected chi connectivity index (χ4v) is 3.71. The van der Waals surface area contributed by atoms with Crippen molar-refractivity contribution in [2.45, 2.75) is 50.9 Å². The fraction of sp³-hybridized carbons (Fsp3) is 0.632. The Kier molecular flexibility index (Phi) is 7.79. The molecule has 0 amide bonds. The van der Waals surface area contributed by atoms with Crippen molar-refractivity contribution in [3.8, 4) is 0 Å². The van der Waals surface area contributed by atoms with E-state index in [1.165, 1.54) is 16.0 Å². The average Bonchev–Trinajstić information content (AvgIpc) is 3.17. The molecule has 2 N–H and O–H groups in total. The second-order valence-corrected chi connectivity index (χ2v) is 7.25. The Bertz CT molecular complexity index is 650. The van der Waals surface area contributed by atoms with E-state index in [4.69, 9.17) is 0 Å². The maximum absolute atomic E-state index is 12.5. The quantitative estimate of drug-likeness (QED) is 0.372. The molecule has 152 valence electrons. The summed E-state index contributed by atoms with van der Waals surface area (Å²) in [6, 6.07) is 8.73. The van der Waals surface area contributed by atoms with Gasteiger partial charge in [0, 0.05) is 37.6 Å². The molecule has 1 aliphatic carbocycles. The Labute approximate surface area is 176 Å². The van der Waals surface area contributed by atoms with Crippen LogP contribution in [0.2, 0.25) is 0 Å². The number of aliphatic imine (C=N–C) groups is 1. The zero-order valence-corrected chi connectivity index (χ0v) is 18.1. The molecule has 1 heterocycles. The fourth-order valence-electron chi connectivity index (χ4n) is 3.71. The Hall–Kier alpha value is -1.03. The highest BCUT2D eigenvalue weighted by Crippen LogP contribution is 2.42. The van der Waals surface area contributed by atoms with Gasteiger partial charge >= 0.3 is 6.18 Å². The third kappa shape index (κ3) is 6.51. The molecule has 0 bridgehead atoms. The zero-order valence-electron chi connectivity index (χ0n) is 15.7. The summed E-state index contributed by atoms with van der Waals surface area (Å²) in [4.78, 5) is 5.92. The maximum Gasteiger partial charge on any atom is 0.401 e. The lowest BCUT2D eigenvalue weighted by Crippen LogP contribution is -2.46. The molecule has 3 atom stereocenters. The van der Waals surface area contributed by atoms with E-state index in [2.05, 4.69) is 40.7 Å². The van der Waals surface area contributed by atoms with E-state index in [1.54, 1.807) is 0 Å². The molecule has 3 unspecified atom stereocenters. The lowest BCUT2D eigenvalue weighted by Gasteiger charge is -2.20. The van der Waals surface area contributed by atoms with E-state index in [1.807, 2.05) is 13.0 Å². The summed E-state index contributed by atoms with van der Waals surface area (Å²) >= 11 is 0. The van der Waals surface area contributed by atoms with Gasteiger partial charge in [0.2, 0.25) is 0 Å². The molecule has 0 radical (unpaired) electrons. The van der Waals surface area contributed by atoms with Crippen LogP contribution in [0.15, 0.2) is 29.3 Å². The van der Waals surface area contributed by atoms with E-state index < -0.39 is 12.7 Å². The second kappa shape index (κ2) is 9.45. The standard InChI is InChI=1S/C19H27F3N4.HI/c1-3-23-18(24-14-8-9-26(11-14)12-19(20,21)22)25-17-10-16(17)15-7-5-4-6-13(15)2;/h4-7,14,16-17H,3,8-12H2,1-2H3,(H2,23,24,25);1H. The van der Waals surface area contributed by atoms with Crippen LogP contribution in [0.1, 0.15) is 36.8 Å². The van der Waals surface area contributed by atoms with Crippen LogP contribution in [0.4, 0.5) is 13.2 Å². The highest BCUT2D eigenvalue weighted by Gasteiger charge is 2.40. The monoisotopic (exact) mass is 496 g/mol. The smallest absolute Gasteiger partial charge is 0.353 e. The molecule has 4 nitrogen and oxygen atoms in total. The summed E-state index contributed by atoms with van der Waals surface area (Å²) in [5.41, 5.74) is 2.65. The maximum atomic E-state index is 12.5. The molecule has 3 rings (SSSR count). The number of nitrogens with one attached hydrogen (secondary N) is 2. The van der Waals surface area contributed by atoms with Crippen molar-refractivity contribution in [3.63, 3.8) is 0 Å². The highest BCUT2D eigenvalue weighted by molar-refractivity contribution is 14.0. The highest BCUT2D eigenvalue weighted by atomic mass is 127. The number of hydrogen-bond donors (Lipinski definition) is 2. The Morgan fingerprint density at radius 2 is 2.00 bits per heavy atom. The van der Waals surface area contributed by atoms with Crippen molar-refractivity contribution in [2.75, 3.05) is 26.2 Å². The largest absolute Gasteiger partial charge is 0.401 e. The summed E-state index contributed by atoms with van der Waals surface area (Å²) in [5, 5.41) is 6.78. The van der Waals surface area contributed by atoms with Gasteiger partial charge in [0.05, 0.1) is 6.54 Å². The van der Waals surface area contributed by atoms with Crippen molar-refractivity contribution < 1.29 is 13.2 Å². The van der Waals surface area contributed by atoms with Crippen molar-refractivity contribution in [3.05, 3.63) is 35.4 Å². The molecule has 0 spiro atoms. The molecule has 8 heteroatoms. The van der Waals surface area contributed by atoms with Crippen LogP contribution in [0, 0.1) is 6.92 Å². The Morgan fingerprint density at radius 3 is 2.67 bits per heavy atom. The van der Waals surface area contributed by atoms with Crippen LogP contribution in [-0.4, -0.2) is 55.3 Å². The van der Waals surface area contributed by atoms with Gasteiger partial charge < -0.3 is 10.6 Å². The predicted octanol–water partition coefficient (Wildman–Crippen LogP) is 3.66. The van der Waals surface area contributed by atoms with Crippen molar-refractivity contribution in [1.82, 2.24) is 15.5 Å². The van der Waals surface area contributed by atoms with E-state index in [-0.39, 0.29) is 30.0 Å². The van der Waals surface area contributed by atoms with Crippen LogP contribution >= 0.6 is 24.0 Å².